The van der Waals surface area contributed by atoms with Gasteiger partial charge < -0.3 is 5.32 Å². The lowest BCUT2D eigenvalue weighted by Gasteiger charge is -2.26. The van der Waals surface area contributed by atoms with Gasteiger partial charge in [0.05, 0.1) is 42.5 Å². The monoisotopic (exact) mass is 933 g/mol. The lowest BCUT2D eigenvalue weighted by molar-refractivity contribution is -0.114. The summed E-state index contributed by atoms with van der Waals surface area (Å²) in [5, 5.41) is 1.75. The van der Waals surface area contributed by atoms with Crippen molar-refractivity contribution in [1.82, 2.24) is 0 Å². The van der Waals surface area contributed by atoms with Crippen molar-refractivity contribution in [3.05, 3.63) is 75.3 Å². The molecule has 3 N–H and O–H groups in total. The smallest absolute Gasteiger partial charge is 0.261 e. The third-order valence-electron chi connectivity index (χ3n) is 11.2. The third kappa shape index (κ3) is 17.5. The van der Waals surface area contributed by atoms with E-state index in [-0.39, 0.29) is 31.1 Å². The minimum Gasteiger partial charge on any atom is -0.324 e. The van der Waals surface area contributed by atoms with Gasteiger partial charge in [-0.2, -0.15) is 0 Å². The molecule has 1 amide bonds. The molecule has 0 saturated carbocycles. The molecule has 3 aromatic rings. The first-order valence-electron chi connectivity index (χ1n) is 23.0. The second-order valence-electron chi connectivity index (χ2n) is 17.8. The molecule has 3 rings (SSSR count). The predicted octanol–water partition coefficient (Wildman–Crippen LogP) is 14.7. The zero-order valence-electron chi connectivity index (χ0n) is 38.2. The Balaban J connectivity index is 1.84. The van der Waals surface area contributed by atoms with E-state index in [1.54, 1.807) is 45.0 Å². The average molecular weight is 935 g/mol. The molecule has 0 radical (unpaired) electrons. The maximum atomic E-state index is 14.3. The number of halogens is 2. The molecular weight excluding hydrogens is 862 g/mol. The Hall–Kier alpha value is -3.12. The molecule has 3 aromatic carbocycles. The molecular formula is C49H73Cl2N3O6S2. The molecule has 0 unspecified atom stereocenters. The molecule has 0 saturated heterocycles. The highest BCUT2D eigenvalue weighted by molar-refractivity contribution is 7.93. The van der Waals surface area contributed by atoms with Crippen LogP contribution in [0.25, 0.3) is 0 Å². The summed E-state index contributed by atoms with van der Waals surface area (Å²) >= 11 is 13.7. The van der Waals surface area contributed by atoms with Gasteiger partial charge in [-0.1, -0.05) is 198 Å². The van der Waals surface area contributed by atoms with Crippen LogP contribution in [0.3, 0.4) is 0 Å². The van der Waals surface area contributed by atoms with Gasteiger partial charge in [0.15, 0.2) is 5.78 Å². The number of benzene rings is 3. The van der Waals surface area contributed by atoms with E-state index in [2.05, 4.69) is 28.6 Å². The Bertz CT molecular complexity index is 1960. The van der Waals surface area contributed by atoms with Gasteiger partial charge in [-0.25, -0.2) is 16.8 Å². The standard InChI is InChI=1S/C49H73Cl2N3O6S2/c1-7-9-11-13-15-17-19-21-23-25-27-38-29-33-40(34-30-38)61(57,58)53-45-42(48(56)49(4,5)6)46(44(51)47(43(45)50)52-37(3)55)54-62(59,60)41-35-31-39(32-36-41)28-26-24-22-20-18-16-14-12-10-8-2/h29-36,53-54H,7-28H2,1-6H3,(H,52,55). The van der Waals surface area contributed by atoms with Crippen molar-refractivity contribution in [2.24, 2.45) is 5.41 Å². The van der Waals surface area contributed by atoms with Crippen LogP contribution in [0.4, 0.5) is 17.1 Å². The highest BCUT2D eigenvalue weighted by atomic mass is 35.5. The van der Waals surface area contributed by atoms with E-state index in [1.165, 1.54) is 134 Å². The van der Waals surface area contributed by atoms with Crippen LogP contribution >= 0.6 is 23.2 Å². The van der Waals surface area contributed by atoms with Gasteiger partial charge >= 0.3 is 0 Å². The fourth-order valence-electron chi connectivity index (χ4n) is 7.46. The fourth-order valence-corrected chi connectivity index (χ4v) is 10.4. The number of aryl methyl sites for hydroxylation is 2. The van der Waals surface area contributed by atoms with Crippen LogP contribution in [0.15, 0.2) is 58.3 Å². The Labute approximate surface area is 384 Å². The second-order valence-corrected chi connectivity index (χ2v) is 21.9. The zero-order valence-corrected chi connectivity index (χ0v) is 41.3. The number of rotatable bonds is 30. The Morgan fingerprint density at radius 3 is 1.10 bits per heavy atom. The summed E-state index contributed by atoms with van der Waals surface area (Å²) in [4.78, 5) is 26.5. The summed E-state index contributed by atoms with van der Waals surface area (Å²) in [5.41, 5.74) is -0.655. The quantitative estimate of drug-likeness (QED) is 0.0449. The summed E-state index contributed by atoms with van der Waals surface area (Å²) in [5.74, 6) is -1.26. The number of nitrogens with one attached hydrogen (secondary N) is 3. The fraction of sp³-hybridized carbons (Fsp3) is 0.592. The lowest BCUT2D eigenvalue weighted by atomic mass is 9.85. The number of hydrogen-bond acceptors (Lipinski definition) is 6. The summed E-state index contributed by atoms with van der Waals surface area (Å²) in [6, 6.07) is 13.0. The molecule has 0 spiro atoms. The molecule has 0 heterocycles. The first kappa shape index (κ1) is 53.2. The first-order chi connectivity index (χ1) is 29.4. The summed E-state index contributed by atoms with van der Waals surface area (Å²) < 4.78 is 61.1. The van der Waals surface area contributed by atoms with Crippen LogP contribution in [-0.2, 0) is 37.7 Å². The Kier molecular flexibility index (Phi) is 22.8. The number of carbonyl (C=O) groups is 2. The van der Waals surface area contributed by atoms with Gasteiger partial charge in [0.2, 0.25) is 5.91 Å². The number of Topliss-reactive ketones (excluding diaryl/α,β-unsaturated/α-hetero) is 1. The van der Waals surface area contributed by atoms with Gasteiger partial charge in [0.25, 0.3) is 20.0 Å². The number of ketones is 1. The minimum atomic E-state index is -4.41. The molecule has 9 nitrogen and oxygen atoms in total. The van der Waals surface area contributed by atoms with E-state index < -0.39 is 48.5 Å². The van der Waals surface area contributed by atoms with Crippen molar-refractivity contribution in [3.8, 4) is 0 Å². The minimum absolute atomic E-state index is 0.0920. The van der Waals surface area contributed by atoms with Crippen LogP contribution in [-0.4, -0.2) is 28.5 Å². The summed E-state index contributed by atoms with van der Waals surface area (Å²) in [7, 11) is -8.83. The Morgan fingerprint density at radius 2 is 0.806 bits per heavy atom. The maximum Gasteiger partial charge on any atom is 0.261 e. The van der Waals surface area contributed by atoms with E-state index in [0.29, 0.717) is 0 Å². The van der Waals surface area contributed by atoms with Gasteiger partial charge in [-0.15, -0.1) is 0 Å². The zero-order chi connectivity index (χ0) is 45.8. The number of sulfonamides is 2. The highest BCUT2D eigenvalue weighted by Gasteiger charge is 2.36. The van der Waals surface area contributed by atoms with Crippen LogP contribution in [0, 0.1) is 5.41 Å². The van der Waals surface area contributed by atoms with E-state index in [4.69, 9.17) is 23.2 Å². The molecule has 346 valence electrons. The predicted molar refractivity (Wildman–Crippen MR) is 260 cm³/mol. The SMILES string of the molecule is CCCCCCCCCCCCc1ccc(S(=O)(=O)Nc2c(Cl)c(NC(C)=O)c(Cl)c(NS(=O)(=O)c3ccc(CCCCCCCCCCCC)cc3)c2C(=O)C(C)(C)C)cc1. The van der Waals surface area contributed by atoms with Gasteiger partial charge in [0.1, 0.15) is 0 Å². The summed E-state index contributed by atoms with van der Waals surface area (Å²) in [6.07, 6.45) is 26.1. The van der Waals surface area contributed by atoms with Crippen LogP contribution in [0.5, 0.6) is 0 Å². The number of carbonyl (C=O) groups excluding carboxylic acids is 2. The lowest BCUT2D eigenvalue weighted by Crippen LogP contribution is -2.27. The third-order valence-corrected chi connectivity index (χ3v) is 14.7. The second kappa shape index (κ2) is 26.6. The Morgan fingerprint density at radius 1 is 0.500 bits per heavy atom. The van der Waals surface area contributed by atoms with Crippen LogP contribution in [0.1, 0.15) is 191 Å². The van der Waals surface area contributed by atoms with E-state index in [9.17, 15) is 26.4 Å². The highest BCUT2D eigenvalue weighted by Crippen LogP contribution is 2.48. The largest absolute Gasteiger partial charge is 0.324 e. The van der Waals surface area contributed by atoms with Crippen molar-refractivity contribution in [1.29, 1.82) is 0 Å². The van der Waals surface area contributed by atoms with Crippen molar-refractivity contribution in [2.75, 3.05) is 14.8 Å². The van der Waals surface area contributed by atoms with Gasteiger partial charge in [-0.3, -0.25) is 19.0 Å². The summed E-state index contributed by atoms with van der Waals surface area (Å²) in [6.45, 7) is 10.5. The van der Waals surface area contributed by atoms with Gasteiger partial charge in [-0.05, 0) is 61.1 Å². The molecule has 0 aliphatic carbocycles. The van der Waals surface area contributed by atoms with Crippen LogP contribution in [0.2, 0.25) is 10.0 Å². The van der Waals surface area contributed by atoms with Crippen molar-refractivity contribution < 1.29 is 26.4 Å². The molecule has 0 atom stereocenters. The number of anilines is 3. The topological polar surface area (TPSA) is 139 Å². The van der Waals surface area contributed by atoms with Crippen molar-refractivity contribution in [2.45, 2.75) is 193 Å². The molecule has 0 bridgehead atoms. The number of hydrogen-bond donors (Lipinski definition) is 3. The normalized spacial score (nSPS) is 12.1. The van der Waals surface area contributed by atoms with Crippen LogP contribution < -0.4 is 14.8 Å². The molecule has 0 aliphatic rings. The van der Waals surface area contributed by atoms with Crippen molar-refractivity contribution in [3.63, 3.8) is 0 Å². The molecule has 13 heteroatoms. The first-order valence-corrected chi connectivity index (χ1v) is 26.8. The molecule has 0 aliphatic heterocycles. The molecule has 62 heavy (non-hydrogen) atoms. The van der Waals surface area contributed by atoms with Crippen molar-refractivity contribution >= 4 is 72.0 Å². The van der Waals surface area contributed by atoms with E-state index in [1.807, 2.05) is 0 Å². The van der Waals surface area contributed by atoms with E-state index in [0.717, 1.165) is 49.7 Å². The van der Waals surface area contributed by atoms with Gasteiger partial charge in [0, 0.05) is 12.3 Å². The van der Waals surface area contributed by atoms with E-state index >= 15 is 0 Å². The number of unbranched alkanes of at least 4 members (excludes halogenated alkanes) is 18. The molecule has 0 fully saturated rings. The maximum absolute atomic E-state index is 14.3. The molecule has 0 aromatic heterocycles. The average Bonchev–Trinajstić information content (AvgIpc) is 3.22. The number of amides is 1.